The molecule has 0 aromatic heterocycles. The molecule has 0 saturated heterocycles. The highest BCUT2D eigenvalue weighted by Gasteiger charge is 2.28. The van der Waals surface area contributed by atoms with E-state index in [-0.39, 0.29) is 11.9 Å². The second-order valence-electron chi connectivity index (χ2n) is 8.43. The topological polar surface area (TPSA) is 93.4 Å². The van der Waals surface area contributed by atoms with Gasteiger partial charge in [-0.15, -0.1) is 0 Å². The number of benzene rings is 2. The van der Waals surface area contributed by atoms with Gasteiger partial charge in [0.1, 0.15) is 0 Å². The Morgan fingerprint density at radius 1 is 1.06 bits per heavy atom. The van der Waals surface area contributed by atoms with Crippen LogP contribution in [0.1, 0.15) is 47.9 Å². The van der Waals surface area contributed by atoms with Crippen molar-refractivity contribution in [2.45, 2.75) is 51.5 Å². The van der Waals surface area contributed by atoms with Crippen LogP contribution >= 0.6 is 0 Å². The van der Waals surface area contributed by atoms with Crippen molar-refractivity contribution < 1.29 is 14.3 Å². The maximum absolute atomic E-state index is 13.3. The summed E-state index contributed by atoms with van der Waals surface area (Å²) in [5, 5.41) is 5.98. The lowest BCUT2D eigenvalue weighted by atomic mass is 9.86. The van der Waals surface area contributed by atoms with Crippen LogP contribution in [0, 0.1) is 6.92 Å². The van der Waals surface area contributed by atoms with Crippen LogP contribution < -0.4 is 16.4 Å². The van der Waals surface area contributed by atoms with Gasteiger partial charge in [0.2, 0.25) is 0 Å². The lowest BCUT2D eigenvalue weighted by Gasteiger charge is -2.21. The van der Waals surface area contributed by atoms with Crippen LogP contribution in [0.3, 0.4) is 0 Å². The van der Waals surface area contributed by atoms with Crippen LogP contribution in [0.15, 0.2) is 42.0 Å². The maximum Gasteiger partial charge on any atom is 0.407 e. The largest absolute Gasteiger partial charge is 0.453 e. The van der Waals surface area contributed by atoms with E-state index in [1.807, 2.05) is 12.1 Å². The number of methoxy groups -OCH3 is 1. The number of hydrogen-bond donors (Lipinski definition) is 3. The van der Waals surface area contributed by atoms with E-state index in [1.54, 1.807) is 0 Å². The zero-order valence-corrected chi connectivity index (χ0v) is 18.1. The molecule has 2 aliphatic carbocycles. The predicted molar refractivity (Wildman–Crippen MR) is 123 cm³/mol. The number of allylic oxidation sites excluding steroid dienone is 1. The van der Waals surface area contributed by atoms with Gasteiger partial charge in [-0.05, 0) is 79.8 Å². The molecule has 0 fully saturated rings. The second-order valence-corrected chi connectivity index (χ2v) is 8.43. The van der Waals surface area contributed by atoms with Gasteiger partial charge in [0.05, 0.1) is 7.11 Å². The molecular weight excluding hydrogens is 390 g/mol. The molecule has 0 saturated carbocycles. The van der Waals surface area contributed by atoms with E-state index >= 15 is 0 Å². The maximum atomic E-state index is 13.3. The van der Waals surface area contributed by atoms with Crippen molar-refractivity contribution in [1.82, 2.24) is 5.32 Å². The lowest BCUT2D eigenvalue weighted by Crippen LogP contribution is -2.35. The fourth-order valence-electron chi connectivity index (χ4n) is 4.63. The molecule has 2 aromatic rings. The summed E-state index contributed by atoms with van der Waals surface area (Å²) >= 11 is 0. The second kappa shape index (κ2) is 8.84. The van der Waals surface area contributed by atoms with E-state index in [4.69, 9.17) is 10.5 Å². The molecule has 1 atom stereocenters. The first-order chi connectivity index (χ1) is 14.9. The van der Waals surface area contributed by atoms with Crippen molar-refractivity contribution in [3.63, 3.8) is 0 Å². The number of fused-ring (bicyclic) bond motifs is 1. The van der Waals surface area contributed by atoms with Gasteiger partial charge in [-0.25, -0.2) is 4.79 Å². The molecule has 31 heavy (non-hydrogen) atoms. The molecule has 6 nitrogen and oxygen atoms in total. The number of nitrogens with two attached hydrogens (primary N) is 1. The summed E-state index contributed by atoms with van der Waals surface area (Å²) in [4.78, 5) is 24.9. The normalized spacial score (nSPS) is 17.8. The van der Waals surface area contributed by atoms with E-state index in [2.05, 4.69) is 41.8 Å². The molecule has 162 valence electrons. The summed E-state index contributed by atoms with van der Waals surface area (Å²) in [6.07, 6.45) is 4.62. The van der Waals surface area contributed by atoms with Crippen LogP contribution in [0.5, 0.6) is 0 Å². The van der Waals surface area contributed by atoms with E-state index in [0.717, 1.165) is 59.2 Å². The molecule has 0 spiro atoms. The van der Waals surface area contributed by atoms with Crippen molar-refractivity contribution in [3.05, 3.63) is 64.2 Å². The van der Waals surface area contributed by atoms with Crippen molar-refractivity contribution in [3.8, 4) is 0 Å². The number of amides is 2. The average Bonchev–Trinajstić information content (AvgIpc) is 3.16. The van der Waals surface area contributed by atoms with Crippen molar-refractivity contribution in [1.29, 1.82) is 0 Å². The number of nitrogen functional groups attached to an aromatic ring is 1. The minimum absolute atomic E-state index is 0.0625. The number of carbonyl (C=O) groups is 2. The smallest absolute Gasteiger partial charge is 0.407 e. The third-order valence-electron chi connectivity index (χ3n) is 6.18. The Morgan fingerprint density at radius 2 is 1.81 bits per heavy atom. The SMILES string of the molecule is COC(=O)NC1Cc2cc(N)cc(NC(=O)C3=C(c4ccc(C)cc4)CCCC3)c2C1. The van der Waals surface area contributed by atoms with Crippen LogP contribution in [0.4, 0.5) is 16.2 Å². The summed E-state index contributed by atoms with van der Waals surface area (Å²) in [6.45, 7) is 2.06. The number of ether oxygens (including phenoxy) is 1. The number of rotatable bonds is 4. The van der Waals surface area contributed by atoms with Gasteiger partial charge < -0.3 is 21.1 Å². The van der Waals surface area contributed by atoms with Gasteiger partial charge in [0.15, 0.2) is 0 Å². The lowest BCUT2D eigenvalue weighted by molar-refractivity contribution is -0.113. The number of nitrogens with one attached hydrogen (secondary N) is 2. The van der Waals surface area contributed by atoms with Gasteiger partial charge >= 0.3 is 6.09 Å². The summed E-state index contributed by atoms with van der Waals surface area (Å²) in [6, 6.07) is 12.0. The molecule has 2 aliphatic rings. The minimum Gasteiger partial charge on any atom is -0.453 e. The molecule has 6 heteroatoms. The van der Waals surface area contributed by atoms with E-state index < -0.39 is 6.09 Å². The van der Waals surface area contributed by atoms with Crippen LogP contribution in [0.2, 0.25) is 0 Å². The van der Waals surface area contributed by atoms with Crippen LogP contribution in [-0.2, 0) is 22.4 Å². The van der Waals surface area contributed by atoms with E-state index in [0.29, 0.717) is 18.5 Å². The monoisotopic (exact) mass is 419 g/mol. The predicted octanol–water partition coefficient (Wildman–Crippen LogP) is 4.37. The first-order valence-corrected chi connectivity index (χ1v) is 10.8. The Hall–Kier alpha value is -3.28. The first kappa shape index (κ1) is 21.0. The Morgan fingerprint density at radius 3 is 2.55 bits per heavy atom. The molecule has 0 aliphatic heterocycles. The number of aryl methyl sites for hydroxylation is 1. The highest BCUT2D eigenvalue weighted by Crippen LogP contribution is 2.35. The van der Waals surface area contributed by atoms with Crippen LogP contribution in [-0.4, -0.2) is 25.2 Å². The molecule has 2 aromatic carbocycles. The summed E-state index contributed by atoms with van der Waals surface area (Å²) in [5.74, 6) is -0.0625. The highest BCUT2D eigenvalue weighted by atomic mass is 16.5. The quantitative estimate of drug-likeness (QED) is 0.642. The Bertz CT molecular complexity index is 1040. The fourth-order valence-corrected chi connectivity index (χ4v) is 4.63. The van der Waals surface area contributed by atoms with Gasteiger partial charge in [-0.1, -0.05) is 29.8 Å². The van der Waals surface area contributed by atoms with Crippen molar-refractivity contribution in [2.75, 3.05) is 18.2 Å². The average molecular weight is 420 g/mol. The summed E-state index contributed by atoms with van der Waals surface area (Å²) in [5.41, 5.74) is 13.8. The summed E-state index contributed by atoms with van der Waals surface area (Å²) < 4.78 is 4.72. The molecule has 4 rings (SSSR count). The van der Waals surface area contributed by atoms with Crippen molar-refractivity contribution in [2.24, 2.45) is 0 Å². The van der Waals surface area contributed by atoms with E-state index in [1.165, 1.54) is 12.7 Å². The number of anilines is 2. The molecule has 4 N–H and O–H groups in total. The third kappa shape index (κ3) is 4.58. The fraction of sp³-hybridized carbons (Fsp3) is 0.360. The van der Waals surface area contributed by atoms with Gasteiger partial charge in [-0.3, -0.25) is 4.79 Å². The minimum atomic E-state index is -0.452. The van der Waals surface area contributed by atoms with Crippen molar-refractivity contribution >= 4 is 28.9 Å². The molecule has 0 bridgehead atoms. The zero-order valence-electron chi connectivity index (χ0n) is 18.1. The Labute approximate surface area is 182 Å². The number of alkyl carbamates (subject to hydrolysis) is 1. The Kier molecular flexibility index (Phi) is 5.98. The third-order valence-corrected chi connectivity index (χ3v) is 6.18. The standard InChI is InChI=1S/C25H29N3O3/c1-15-7-9-16(10-8-15)20-5-3-4-6-21(20)24(29)28-23-13-18(26)11-17-12-19(14-22(17)23)27-25(30)31-2/h7-11,13,19H,3-6,12,14,26H2,1-2H3,(H,27,30)(H,28,29). The van der Waals surface area contributed by atoms with Gasteiger partial charge in [0.25, 0.3) is 5.91 Å². The summed E-state index contributed by atoms with van der Waals surface area (Å²) in [7, 11) is 1.35. The van der Waals surface area contributed by atoms with Gasteiger partial charge in [-0.2, -0.15) is 0 Å². The van der Waals surface area contributed by atoms with Gasteiger partial charge in [0, 0.05) is 23.0 Å². The molecule has 1 unspecified atom stereocenters. The number of carbonyl (C=O) groups excluding carboxylic acids is 2. The number of hydrogen-bond acceptors (Lipinski definition) is 4. The molecule has 2 amide bonds. The Balaban J connectivity index is 1.60. The first-order valence-electron chi connectivity index (χ1n) is 10.8. The zero-order chi connectivity index (χ0) is 22.0. The highest BCUT2D eigenvalue weighted by molar-refractivity contribution is 6.09. The molecular formula is C25H29N3O3. The van der Waals surface area contributed by atoms with Crippen LogP contribution in [0.25, 0.3) is 5.57 Å². The van der Waals surface area contributed by atoms with E-state index in [9.17, 15) is 9.59 Å². The molecule has 0 heterocycles. The molecule has 0 radical (unpaired) electrons.